The van der Waals surface area contributed by atoms with Crippen LogP contribution in [0.1, 0.15) is 29.6 Å². The van der Waals surface area contributed by atoms with Crippen molar-refractivity contribution < 1.29 is 14.7 Å². The van der Waals surface area contributed by atoms with E-state index in [1.807, 2.05) is 0 Å². The number of carbonyl (C=O) groups is 2. The number of carboxylic acid groups (broad SMARTS) is 1. The predicted molar refractivity (Wildman–Crippen MR) is 76.0 cm³/mol. The van der Waals surface area contributed by atoms with Crippen molar-refractivity contribution in [2.45, 2.75) is 25.3 Å². The van der Waals surface area contributed by atoms with Gasteiger partial charge in [0.15, 0.2) is 0 Å². The Morgan fingerprint density at radius 2 is 2.11 bits per heavy atom. The smallest absolute Gasteiger partial charge is 0.306 e. The molecule has 0 spiro atoms. The Kier molecular flexibility index (Phi) is 4.45. The van der Waals surface area contributed by atoms with Crippen molar-refractivity contribution in [1.29, 1.82) is 0 Å². The van der Waals surface area contributed by atoms with Crippen molar-refractivity contribution in [1.82, 2.24) is 5.32 Å². The minimum atomic E-state index is -0.772. The van der Waals surface area contributed by atoms with E-state index in [4.69, 9.17) is 5.11 Å². The lowest BCUT2D eigenvalue weighted by atomic mass is 10.1. The predicted octanol–water partition coefficient (Wildman–Crippen LogP) is 3.26. The maximum Gasteiger partial charge on any atom is 0.306 e. The van der Waals surface area contributed by atoms with E-state index in [0.717, 1.165) is 14.0 Å². The van der Waals surface area contributed by atoms with Gasteiger partial charge < -0.3 is 10.4 Å². The van der Waals surface area contributed by atoms with Gasteiger partial charge in [-0.3, -0.25) is 9.59 Å². The number of carbonyl (C=O) groups excluding carboxylic acids is 1. The van der Waals surface area contributed by atoms with E-state index in [1.54, 1.807) is 6.07 Å². The molecule has 2 rings (SSSR count). The average Bonchev–Trinajstić information content (AvgIpc) is 2.85. The third kappa shape index (κ3) is 3.13. The molecule has 1 aromatic rings. The summed E-state index contributed by atoms with van der Waals surface area (Å²) in [6.07, 6.45) is 1.88. The van der Waals surface area contributed by atoms with Crippen LogP contribution in [0.3, 0.4) is 0 Å². The highest BCUT2D eigenvalue weighted by molar-refractivity contribution is 9.12. The van der Waals surface area contributed by atoms with Crippen molar-refractivity contribution in [3.8, 4) is 0 Å². The molecule has 1 aliphatic carbocycles. The van der Waals surface area contributed by atoms with Crippen LogP contribution >= 0.6 is 43.2 Å². The van der Waals surface area contributed by atoms with Gasteiger partial charge in [0, 0.05) is 6.04 Å². The van der Waals surface area contributed by atoms with Gasteiger partial charge in [-0.1, -0.05) is 0 Å². The summed E-state index contributed by atoms with van der Waals surface area (Å²) in [5.74, 6) is -1.25. The number of aliphatic carboxylic acids is 1. The third-order valence-electron chi connectivity index (χ3n) is 3.02. The zero-order chi connectivity index (χ0) is 13.3. The third-order valence-corrected chi connectivity index (χ3v) is 5.36. The molecule has 1 amide bonds. The van der Waals surface area contributed by atoms with Gasteiger partial charge in [-0.25, -0.2) is 0 Å². The number of amides is 1. The first kappa shape index (κ1) is 14.0. The number of carboxylic acids is 1. The van der Waals surface area contributed by atoms with Gasteiger partial charge in [-0.15, -0.1) is 11.3 Å². The normalized spacial score (nSPS) is 23.0. The molecule has 2 N–H and O–H groups in total. The number of thiophene rings is 1. The Hall–Kier alpha value is -0.400. The molecule has 98 valence electrons. The lowest BCUT2D eigenvalue weighted by molar-refractivity contribution is -0.141. The summed E-state index contributed by atoms with van der Waals surface area (Å²) < 4.78 is 1.66. The van der Waals surface area contributed by atoms with Gasteiger partial charge in [-0.2, -0.15) is 0 Å². The Bertz CT molecular complexity index is 489. The molecule has 0 aromatic carbocycles. The molecule has 7 heteroatoms. The zero-order valence-electron chi connectivity index (χ0n) is 9.28. The van der Waals surface area contributed by atoms with Crippen LogP contribution in [0.4, 0.5) is 0 Å². The van der Waals surface area contributed by atoms with Crippen molar-refractivity contribution in [2.24, 2.45) is 5.92 Å². The first-order valence-corrected chi connectivity index (χ1v) is 7.86. The first-order chi connectivity index (χ1) is 8.47. The van der Waals surface area contributed by atoms with Crippen LogP contribution in [0.15, 0.2) is 13.6 Å². The summed E-state index contributed by atoms with van der Waals surface area (Å²) in [6.45, 7) is 0. The van der Waals surface area contributed by atoms with Gasteiger partial charge in [-0.05, 0) is 57.2 Å². The first-order valence-electron chi connectivity index (χ1n) is 5.46. The fourth-order valence-electron chi connectivity index (χ4n) is 2.10. The topological polar surface area (TPSA) is 66.4 Å². The molecule has 1 heterocycles. The van der Waals surface area contributed by atoms with Crippen molar-refractivity contribution in [3.63, 3.8) is 0 Å². The van der Waals surface area contributed by atoms with Crippen LogP contribution in [0.2, 0.25) is 0 Å². The Morgan fingerprint density at radius 3 is 2.61 bits per heavy atom. The maximum absolute atomic E-state index is 12.0. The summed E-state index contributed by atoms with van der Waals surface area (Å²) in [5, 5.41) is 11.8. The van der Waals surface area contributed by atoms with Crippen LogP contribution in [-0.2, 0) is 4.79 Å². The van der Waals surface area contributed by atoms with E-state index >= 15 is 0 Å². The number of rotatable bonds is 3. The van der Waals surface area contributed by atoms with Crippen LogP contribution in [0, 0.1) is 5.92 Å². The highest BCUT2D eigenvalue weighted by atomic mass is 79.9. The number of hydrogen-bond donors (Lipinski definition) is 2. The molecular formula is C11H11Br2NO3S. The number of nitrogens with one attached hydrogen (secondary N) is 1. The highest BCUT2D eigenvalue weighted by Crippen LogP contribution is 2.32. The lowest BCUT2D eigenvalue weighted by Gasteiger charge is -2.11. The zero-order valence-corrected chi connectivity index (χ0v) is 13.3. The Morgan fingerprint density at radius 1 is 1.39 bits per heavy atom. The molecule has 1 fully saturated rings. The van der Waals surface area contributed by atoms with Crippen molar-refractivity contribution in [2.75, 3.05) is 0 Å². The monoisotopic (exact) mass is 395 g/mol. The van der Waals surface area contributed by atoms with Gasteiger partial charge in [0.2, 0.25) is 0 Å². The molecule has 0 saturated heterocycles. The second-order valence-electron chi connectivity index (χ2n) is 4.26. The van der Waals surface area contributed by atoms with Crippen LogP contribution < -0.4 is 5.32 Å². The second-order valence-corrected chi connectivity index (χ2v) is 8.01. The van der Waals surface area contributed by atoms with Gasteiger partial charge in [0.05, 0.1) is 19.1 Å². The minimum Gasteiger partial charge on any atom is -0.481 e. The summed E-state index contributed by atoms with van der Waals surface area (Å²) >= 11 is 8.10. The van der Waals surface area contributed by atoms with Crippen LogP contribution in [-0.4, -0.2) is 23.0 Å². The molecular weight excluding hydrogens is 386 g/mol. The molecule has 0 aliphatic heterocycles. The molecule has 0 unspecified atom stereocenters. The number of halogens is 2. The van der Waals surface area contributed by atoms with Crippen LogP contribution in [0.5, 0.6) is 0 Å². The fraction of sp³-hybridized carbons (Fsp3) is 0.455. The Balaban J connectivity index is 1.97. The maximum atomic E-state index is 12.0. The van der Waals surface area contributed by atoms with Crippen molar-refractivity contribution in [3.05, 3.63) is 19.2 Å². The van der Waals surface area contributed by atoms with Gasteiger partial charge in [0.25, 0.3) is 5.91 Å². The molecule has 1 aliphatic rings. The Labute approximate surface area is 125 Å². The molecule has 0 radical (unpaired) electrons. The van der Waals surface area contributed by atoms with Crippen molar-refractivity contribution >= 4 is 55.1 Å². The fourth-order valence-corrected chi connectivity index (χ4v) is 4.89. The molecule has 1 saturated carbocycles. The van der Waals surface area contributed by atoms with E-state index < -0.39 is 5.97 Å². The second kappa shape index (κ2) is 5.71. The van der Waals surface area contributed by atoms with E-state index in [-0.39, 0.29) is 17.9 Å². The molecule has 18 heavy (non-hydrogen) atoms. The van der Waals surface area contributed by atoms with Gasteiger partial charge >= 0.3 is 5.97 Å². The SMILES string of the molecule is O=C(N[C@@H]1CC[C@H](C(=O)O)C1)c1cc(Br)sc1Br. The largest absolute Gasteiger partial charge is 0.481 e. The van der Waals surface area contributed by atoms with E-state index in [2.05, 4.69) is 37.2 Å². The molecule has 1 aromatic heterocycles. The van der Waals surface area contributed by atoms with Gasteiger partial charge in [0.1, 0.15) is 0 Å². The standard InChI is InChI=1S/C11H11Br2NO3S/c12-8-4-7(9(13)18-8)10(15)14-6-2-1-5(3-6)11(16)17/h4-6H,1-3H2,(H,14,15)(H,16,17)/t5-,6+/m0/s1. The quantitative estimate of drug-likeness (QED) is 0.823. The summed E-state index contributed by atoms with van der Waals surface area (Å²) in [6, 6.07) is 1.72. The molecule has 2 atom stereocenters. The molecule has 0 bridgehead atoms. The van der Waals surface area contributed by atoms with E-state index in [9.17, 15) is 9.59 Å². The summed E-state index contributed by atoms with van der Waals surface area (Å²) in [7, 11) is 0. The number of hydrogen-bond acceptors (Lipinski definition) is 3. The minimum absolute atomic E-state index is 0.0378. The molecule has 4 nitrogen and oxygen atoms in total. The summed E-state index contributed by atoms with van der Waals surface area (Å²) in [5.41, 5.74) is 0.589. The summed E-state index contributed by atoms with van der Waals surface area (Å²) in [4.78, 5) is 22.8. The van der Waals surface area contributed by atoms with Crippen LogP contribution in [0.25, 0.3) is 0 Å². The lowest BCUT2D eigenvalue weighted by Crippen LogP contribution is -2.33. The van der Waals surface area contributed by atoms with E-state index in [0.29, 0.717) is 18.4 Å². The highest BCUT2D eigenvalue weighted by Gasteiger charge is 2.31. The van der Waals surface area contributed by atoms with E-state index in [1.165, 1.54) is 11.3 Å². The average molecular weight is 397 g/mol.